The van der Waals surface area contributed by atoms with Gasteiger partial charge in [-0.15, -0.1) is 0 Å². The number of benzene rings is 2. The maximum absolute atomic E-state index is 10.9. The quantitative estimate of drug-likeness (QED) is 0.511. The van der Waals surface area contributed by atoms with Gasteiger partial charge in [0.25, 0.3) is 0 Å². The van der Waals surface area contributed by atoms with Gasteiger partial charge in [-0.2, -0.15) is 0 Å². The maximum Gasteiger partial charge on any atom is 0.228 e. The molecule has 0 heterocycles. The van der Waals surface area contributed by atoms with Crippen LogP contribution in [0.3, 0.4) is 0 Å². The van der Waals surface area contributed by atoms with Gasteiger partial charge >= 0.3 is 0 Å². The van der Waals surface area contributed by atoms with Gasteiger partial charge < -0.3 is 5.73 Å². The van der Waals surface area contributed by atoms with Crippen molar-refractivity contribution in [2.24, 2.45) is 0 Å². The van der Waals surface area contributed by atoms with Crippen molar-refractivity contribution in [1.82, 2.24) is 0 Å². The summed E-state index contributed by atoms with van der Waals surface area (Å²) >= 11 is 0. The molecule has 2 aromatic carbocycles. The molecule has 2 N–H and O–H groups in total. The van der Waals surface area contributed by atoms with E-state index in [1.807, 2.05) is 30.3 Å². The van der Waals surface area contributed by atoms with E-state index in [4.69, 9.17) is 5.73 Å². The molecule has 0 saturated heterocycles. The van der Waals surface area contributed by atoms with Gasteiger partial charge in [-0.05, 0) is 17.7 Å². The van der Waals surface area contributed by atoms with Crippen molar-refractivity contribution in [2.75, 3.05) is 10.9 Å². The van der Waals surface area contributed by atoms with Crippen molar-refractivity contribution in [1.29, 1.82) is 0 Å². The highest BCUT2D eigenvalue weighted by molar-refractivity contribution is 5.64. The van der Waals surface area contributed by atoms with E-state index < -0.39 is 10.1 Å². The number of anilines is 2. The number of nitrogen functional groups attached to an aromatic ring is 1. The summed E-state index contributed by atoms with van der Waals surface area (Å²) in [6, 6.07) is 13.4. The molecule has 0 unspecified atom stereocenters. The Morgan fingerprint density at radius 2 is 1.57 bits per heavy atom. The van der Waals surface area contributed by atoms with Gasteiger partial charge in [0.05, 0.1) is 0 Å². The zero-order chi connectivity index (χ0) is 15.4. The number of nitro groups is 2. The number of hydrogen-bond acceptors (Lipinski definition) is 5. The van der Waals surface area contributed by atoms with Gasteiger partial charge in [0.1, 0.15) is 0 Å². The molecule has 0 amide bonds. The Morgan fingerprint density at radius 1 is 0.952 bits per heavy atom. The second kappa shape index (κ2) is 5.87. The van der Waals surface area contributed by atoms with Gasteiger partial charge in [0, 0.05) is 17.7 Å². The van der Waals surface area contributed by atoms with Crippen LogP contribution in [-0.2, 0) is 6.42 Å². The molecular weight excluding hydrogens is 276 g/mol. The highest BCUT2D eigenvalue weighted by atomic mass is 16.8. The smallest absolute Gasteiger partial charge is 0.228 e. The predicted molar refractivity (Wildman–Crippen MR) is 76.6 cm³/mol. The molecule has 108 valence electrons. The van der Waals surface area contributed by atoms with Crippen LogP contribution in [0.1, 0.15) is 11.1 Å². The fourth-order valence-electron chi connectivity index (χ4n) is 2.01. The first-order valence-electron chi connectivity index (χ1n) is 6.00. The Hall–Kier alpha value is -3.16. The number of rotatable bonds is 5. The molecule has 0 bridgehead atoms. The lowest BCUT2D eigenvalue weighted by Crippen LogP contribution is -2.36. The van der Waals surface area contributed by atoms with E-state index in [2.05, 4.69) is 0 Å². The summed E-state index contributed by atoms with van der Waals surface area (Å²) in [7, 11) is 0. The third kappa shape index (κ3) is 3.06. The molecule has 2 aromatic rings. The van der Waals surface area contributed by atoms with E-state index in [1.54, 1.807) is 6.07 Å². The first-order valence-corrected chi connectivity index (χ1v) is 6.00. The van der Waals surface area contributed by atoms with E-state index in [1.165, 1.54) is 12.1 Å². The standard InChI is InChI=1S/C13H12N4O4/c14-12-7-4-8-13(15(16(18)19)17(20)21)11(12)9-10-5-2-1-3-6-10/h1-8H,9,14H2. The molecule has 0 saturated carbocycles. The van der Waals surface area contributed by atoms with E-state index in [0.717, 1.165) is 5.56 Å². The second-order valence-electron chi connectivity index (χ2n) is 4.27. The largest absolute Gasteiger partial charge is 0.398 e. The van der Waals surface area contributed by atoms with Crippen LogP contribution in [0.5, 0.6) is 0 Å². The lowest BCUT2D eigenvalue weighted by Gasteiger charge is -2.12. The van der Waals surface area contributed by atoms with E-state index in [-0.39, 0.29) is 22.9 Å². The maximum atomic E-state index is 10.9. The normalized spacial score (nSPS) is 10.1. The minimum atomic E-state index is -1.08. The zero-order valence-electron chi connectivity index (χ0n) is 10.9. The lowest BCUT2D eigenvalue weighted by atomic mass is 10.0. The average molecular weight is 288 g/mol. The summed E-state index contributed by atoms with van der Waals surface area (Å²) in [6.07, 6.45) is 0.265. The van der Waals surface area contributed by atoms with Crippen molar-refractivity contribution < 1.29 is 10.1 Å². The molecule has 0 aliphatic carbocycles. The lowest BCUT2D eigenvalue weighted by molar-refractivity contribution is -0.712. The SMILES string of the molecule is Nc1cccc(N([N+](=O)[O-])[N+](=O)[O-])c1Cc1ccccc1. The first kappa shape index (κ1) is 14.3. The molecule has 0 aliphatic heterocycles. The Kier molecular flexibility index (Phi) is 3.98. The van der Waals surface area contributed by atoms with Gasteiger partial charge in [0.15, 0.2) is 10.8 Å². The van der Waals surface area contributed by atoms with Gasteiger partial charge in [-0.25, -0.2) is 20.2 Å². The van der Waals surface area contributed by atoms with Gasteiger partial charge in [-0.3, -0.25) is 0 Å². The second-order valence-corrected chi connectivity index (χ2v) is 4.27. The number of nitrogens with two attached hydrogens (primary N) is 1. The molecular formula is C13H12N4O4. The highest BCUT2D eigenvalue weighted by Gasteiger charge is 2.33. The molecule has 8 heteroatoms. The van der Waals surface area contributed by atoms with Crippen LogP contribution in [0.25, 0.3) is 0 Å². The molecule has 21 heavy (non-hydrogen) atoms. The van der Waals surface area contributed by atoms with E-state index in [9.17, 15) is 20.2 Å². The van der Waals surface area contributed by atoms with Crippen LogP contribution in [0.15, 0.2) is 48.5 Å². The molecule has 8 nitrogen and oxygen atoms in total. The van der Waals surface area contributed by atoms with E-state index >= 15 is 0 Å². The molecule has 0 radical (unpaired) electrons. The molecule has 0 aliphatic rings. The number of nitrogens with zero attached hydrogens (tertiary/aromatic N) is 3. The molecule has 0 fully saturated rings. The predicted octanol–water partition coefficient (Wildman–Crippen LogP) is 2.05. The van der Waals surface area contributed by atoms with Crippen LogP contribution in [0.2, 0.25) is 0 Å². The van der Waals surface area contributed by atoms with Crippen molar-refractivity contribution in [2.45, 2.75) is 6.42 Å². The highest BCUT2D eigenvalue weighted by Crippen LogP contribution is 2.28. The van der Waals surface area contributed by atoms with Crippen LogP contribution in [-0.4, -0.2) is 10.1 Å². The Morgan fingerprint density at radius 3 is 2.14 bits per heavy atom. The Labute approximate surface area is 119 Å². The van der Waals surface area contributed by atoms with Crippen LogP contribution in [0.4, 0.5) is 11.4 Å². The molecule has 0 atom stereocenters. The summed E-state index contributed by atoms with van der Waals surface area (Å²) in [6.45, 7) is 0. The van der Waals surface area contributed by atoms with Gasteiger partial charge in [0.2, 0.25) is 10.1 Å². The summed E-state index contributed by atoms with van der Waals surface area (Å²) < 4.78 is 0. The number of hydrogen-bond donors (Lipinski definition) is 1. The van der Waals surface area contributed by atoms with Crippen molar-refractivity contribution in [3.8, 4) is 0 Å². The molecule has 0 spiro atoms. The third-order valence-corrected chi connectivity index (χ3v) is 2.94. The van der Waals surface area contributed by atoms with Crippen LogP contribution < -0.4 is 10.9 Å². The molecule has 2 rings (SSSR count). The minimum absolute atomic E-state index is 0.116. The van der Waals surface area contributed by atoms with Gasteiger partial charge in [-0.1, -0.05) is 36.4 Å². The summed E-state index contributed by atoms with van der Waals surface area (Å²) in [5.41, 5.74) is 7.15. The van der Waals surface area contributed by atoms with E-state index in [0.29, 0.717) is 5.56 Å². The third-order valence-electron chi connectivity index (χ3n) is 2.94. The van der Waals surface area contributed by atoms with Crippen molar-refractivity contribution in [3.05, 3.63) is 79.9 Å². The fourth-order valence-corrected chi connectivity index (χ4v) is 2.01. The Balaban J connectivity index is 2.50. The first-order chi connectivity index (χ1) is 10.0. The Bertz CT molecular complexity index is 661. The molecule has 0 aromatic heterocycles. The van der Waals surface area contributed by atoms with Crippen LogP contribution >= 0.6 is 0 Å². The summed E-state index contributed by atoms with van der Waals surface area (Å²) in [5, 5.41) is 19.5. The van der Waals surface area contributed by atoms with Crippen molar-refractivity contribution in [3.63, 3.8) is 0 Å². The number of hydrazine groups is 2. The van der Waals surface area contributed by atoms with Crippen molar-refractivity contribution >= 4 is 11.4 Å². The average Bonchev–Trinajstić information content (AvgIpc) is 2.43. The van der Waals surface area contributed by atoms with Crippen LogP contribution in [0, 0.1) is 20.2 Å². The summed E-state index contributed by atoms with van der Waals surface area (Å²) in [5.74, 6) is 0. The minimum Gasteiger partial charge on any atom is -0.398 e. The summed E-state index contributed by atoms with van der Waals surface area (Å²) in [4.78, 5) is 21.8. The topological polar surface area (TPSA) is 116 Å². The zero-order valence-corrected chi connectivity index (χ0v) is 10.9. The monoisotopic (exact) mass is 288 g/mol. The fraction of sp³-hybridized carbons (Fsp3) is 0.0769.